The largest absolute Gasteiger partial charge is 0.438 e. The summed E-state index contributed by atoms with van der Waals surface area (Å²) in [6, 6.07) is 6.92. The second-order valence-corrected chi connectivity index (χ2v) is 5.72. The third-order valence-electron chi connectivity index (χ3n) is 3.16. The Hall–Kier alpha value is -1.66. The summed E-state index contributed by atoms with van der Waals surface area (Å²) in [6.45, 7) is 0.355. The minimum Gasteiger partial charge on any atom is -0.438 e. The predicted octanol–water partition coefficient (Wildman–Crippen LogP) is 2.66. The molecular weight excluding hydrogens is 322 g/mol. The molecule has 1 fully saturated rings. The van der Waals surface area contributed by atoms with Gasteiger partial charge in [-0.2, -0.15) is 4.98 Å². The molecule has 3 N–H and O–H groups in total. The first-order valence-corrected chi connectivity index (χ1v) is 7.22. The highest BCUT2D eigenvalue weighted by molar-refractivity contribution is 9.10. The molecule has 6 heteroatoms. The SMILES string of the molecule is NCc1cc(Br)ccc1Oc1cc(=O)[nH]c(C2CC2)n1. The van der Waals surface area contributed by atoms with Gasteiger partial charge in [0, 0.05) is 22.5 Å². The van der Waals surface area contributed by atoms with Crippen molar-refractivity contribution in [1.82, 2.24) is 9.97 Å². The van der Waals surface area contributed by atoms with Crippen molar-refractivity contribution in [3.05, 3.63) is 50.5 Å². The summed E-state index contributed by atoms with van der Waals surface area (Å²) >= 11 is 3.39. The van der Waals surface area contributed by atoms with Gasteiger partial charge in [0.05, 0.1) is 6.07 Å². The van der Waals surface area contributed by atoms with Gasteiger partial charge >= 0.3 is 0 Å². The summed E-state index contributed by atoms with van der Waals surface area (Å²) in [7, 11) is 0. The number of hydrogen-bond acceptors (Lipinski definition) is 4. The van der Waals surface area contributed by atoms with E-state index in [0.29, 0.717) is 29.9 Å². The molecule has 0 bridgehead atoms. The number of ether oxygens (including phenoxy) is 1. The van der Waals surface area contributed by atoms with E-state index in [2.05, 4.69) is 25.9 Å². The highest BCUT2D eigenvalue weighted by Crippen LogP contribution is 2.38. The Morgan fingerprint density at radius 3 is 2.90 bits per heavy atom. The maximum atomic E-state index is 11.6. The molecule has 0 amide bonds. The maximum Gasteiger partial charge on any atom is 0.254 e. The number of H-pyrrole nitrogens is 1. The lowest BCUT2D eigenvalue weighted by atomic mass is 10.2. The fourth-order valence-electron chi connectivity index (χ4n) is 1.98. The number of nitrogens with one attached hydrogen (secondary N) is 1. The molecule has 104 valence electrons. The third-order valence-corrected chi connectivity index (χ3v) is 3.65. The van der Waals surface area contributed by atoms with Crippen LogP contribution in [0.5, 0.6) is 11.6 Å². The van der Waals surface area contributed by atoms with Gasteiger partial charge in [0.2, 0.25) is 5.88 Å². The van der Waals surface area contributed by atoms with Crippen molar-refractivity contribution >= 4 is 15.9 Å². The van der Waals surface area contributed by atoms with Crippen molar-refractivity contribution in [2.24, 2.45) is 5.73 Å². The summed E-state index contributed by atoms with van der Waals surface area (Å²) in [4.78, 5) is 18.7. The first kappa shape index (κ1) is 13.3. The summed E-state index contributed by atoms with van der Waals surface area (Å²) < 4.78 is 6.66. The molecule has 2 aromatic rings. The van der Waals surface area contributed by atoms with Crippen LogP contribution in [0.4, 0.5) is 0 Å². The average Bonchev–Trinajstić information content (AvgIpc) is 3.24. The topological polar surface area (TPSA) is 81.0 Å². The summed E-state index contributed by atoms with van der Waals surface area (Å²) in [5, 5.41) is 0. The van der Waals surface area contributed by atoms with Crippen LogP contribution >= 0.6 is 15.9 Å². The Labute approximate surface area is 124 Å². The van der Waals surface area contributed by atoms with Crippen molar-refractivity contribution in [2.75, 3.05) is 0 Å². The Balaban J connectivity index is 1.92. The van der Waals surface area contributed by atoms with Crippen LogP contribution in [0, 0.1) is 0 Å². The van der Waals surface area contributed by atoms with Crippen LogP contribution in [0.1, 0.15) is 30.1 Å². The van der Waals surface area contributed by atoms with Gasteiger partial charge in [0.25, 0.3) is 5.56 Å². The Kier molecular flexibility index (Phi) is 3.58. The van der Waals surface area contributed by atoms with E-state index in [1.54, 1.807) is 0 Å². The molecule has 5 nitrogen and oxygen atoms in total. The zero-order valence-electron chi connectivity index (χ0n) is 10.7. The molecule has 0 saturated heterocycles. The fourth-order valence-corrected chi connectivity index (χ4v) is 2.38. The third kappa shape index (κ3) is 2.91. The fraction of sp³-hybridized carbons (Fsp3) is 0.286. The second kappa shape index (κ2) is 5.38. The normalized spacial score (nSPS) is 14.3. The van der Waals surface area contributed by atoms with Crippen LogP contribution < -0.4 is 16.0 Å². The van der Waals surface area contributed by atoms with Crippen molar-refractivity contribution in [3.8, 4) is 11.6 Å². The Bertz CT molecular complexity index is 695. The molecule has 1 aromatic carbocycles. The smallest absolute Gasteiger partial charge is 0.254 e. The van der Waals surface area contributed by atoms with E-state index >= 15 is 0 Å². The predicted molar refractivity (Wildman–Crippen MR) is 78.9 cm³/mol. The average molecular weight is 336 g/mol. The van der Waals surface area contributed by atoms with Crippen LogP contribution in [0.2, 0.25) is 0 Å². The number of aromatic amines is 1. The lowest BCUT2D eigenvalue weighted by Crippen LogP contribution is -2.10. The Morgan fingerprint density at radius 1 is 1.40 bits per heavy atom. The number of halogens is 1. The second-order valence-electron chi connectivity index (χ2n) is 4.80. The van der Waals surface area contributed by atoms with E-state index in [1.807, 2.05) is 18.2 Å². The number of benzene rings is 1. The molecule has 0 unspecified atom stereocenters. The van der Waals surface area contributed by atoms with Crippen LogP contribution in [0.25, 0.3) is 0 Å². The zero-order chi connectivity index (χ0) is 14.1. The molecule has 0 aliphatic heterocycles. The minimum absolute atomic E-state index is 0.191. The monoisotopic (exact) mass is 335 g/mol. The molecule has 0 radical (unpaired) electrons. The van der Waals surface area contributed by atoms with Crippen molar-refractivity contribution in [2.45, 2.75) is 25.3 Å². The number of aromatic nitrogens is 2. The van der Waals surface area contributed by atoms with Gasteiger partial charge < -0.3 is 15.5 Å². The van der Waals surface area contributed by atoms with Gasteiger partial charge in [0.1, 0.15) is 11.6 Å². The summed E-state index contributed by atoms with van der Waals surface area (Å²) in [6.07, 6.45) is 2.14. The van der Waals surface area contributed by atoms with Crippen molar-refractivity contribution < 1.29 is 4.74 Å². The molecule has 1 aliphatic rings. The zero-order valence-corrected chi connectivity index (χ0v) is 12.3. The molecule has 0 atom stereocenters. The summed E-state index contributed by atoms with van der Waals surface area (Å²) in [5.41, 5.74) is 6.37. The van der Waals surface area contributed by atoms with Gasteiger partial charge in [0.15, 0.2) is 0 Å². The molecule has 20 heavy (non-hydrogen) atoms. The molecule has 0 spiro atoms. The first-order valence-electron chi connectivity index (χ1n) is 6.43. The Morgan fingerprint density at radius 2 is 2.20 bits per heavy atom. The molecular formula is C14H14BrN3O2. The highest BCUT2D eigenvalue weighted by Gasteiger charge is 2.26. The number of nitrogens with two attached hydrogens (primary N) is 1. The first-order chi connectivity index (χ1) is 9.65. The standard InChI is InChI=1S/C14H14BrN3O2/c15-10-3-4-11(9(5-10)7-16)20-13-6-12(19)17-14(18-13)8-1-2-8/h3-6,8H,1-2,7,16H2,(H,17,18,19). The molecule has 1 aliphatic carbocycles. The quantitative estimate of drug-likeness (QED) is 0.899. The van der Waals surface area contributed by atoms with Gasteiger partial charge in [-0.15, -0.1) is 0 Å². The van der Waals surface area contributed by atoms with Crippen LogP contribution in [0.15, 0.2) is 33.5 Å². The van der Waals surface area contributed by atoms with Gasteiger partial charge in [-0.25, -0.2) is 0 Å². The van der Waals surface area contributed by atoms with Gasteiger partial charge in [-0.05, 0) is 31.0 Å². The van der Waals surface area contributed by atoms with E-state index in [1.165, 1.54) is 6.07 Å². The van der Waals surface area contributed by atoms with Gasteiger partial charge in [-0.3, -0.25) is 4.79 Å². The van der Waals surface area contributed by atoms with Crippen LogP contribution in [-0.2, 0) is 6.54 Å². The maximum absolute atomic E-state index is 11.6. The molecule has 1 saturated carbocycles. The highest BCUT2D eigenvalue weighted by atomic mass is 79.9. The summed E-state index contributed by atoms with van der Waals surface area (Å²) in [5.74, 6) is 2.01. The van der Waals surface area contributed by atoms with E-state index in [4.69, 9.17) is 10.5 Å². The molecule has 3 rings (SSSR count). The van der Waals surface area contributed by atoms with E-state index in [9.17, 15) is 4.79 Å². The minimum atomic E-state index is -0.191. The lowest BCUT2D eigenvalue weighted by molar-refractivity contribution is 0.452. The number of hydrogen-bond donors (Lipinski definition) is 2. The van der Waals surface area contributed by atoms with E-state index < -0.39 is 0 Å². The molecule has 1 aromatic heterocycles. The number of rotatable bonds is 4. The number of nitrogens with zero attached hydrogens (tertiary/aromatic N) is 1. The van der Waals surface area contributed by atoms with Crippen LogP contribution in [-0.4, -0.2) is 9.97 Å². The van der Waals surface area contributed by atoms with Crippen LogP contribution in [0.3, 0.4) is 0 Å². The molecule has 1 heterocycles. The van der Waals surface area contributed by atoms with Crippen molar-refractivity contribution in [3.63, 3.8) is 0 Å². The lowest BCUT2D eigenvalue weighted by Gasteiger charge is -2.10. The van der Waals surface area contributed by atoms with E-state index in [-0.39, 0.29) is 5.56 Å². The van der Waals surface area contributed by atoms with E-state index in [0.717, 1.165) is 22.9 Å². The van der Waals surface area contributed by atoms with Crippen molar-refractivity contribution in [1.29, 1.82) is 0 Å². The van der Waals surface area contributed by atoms with Gasteiger partial charge in [-0.1, -0.05) is 15.9 Å².